The van der Waals surface area contributed by atoms with Crippen molar-refractivity contribution in [3.63, 3.8) is 0 Å². The largest absolute Gasteiger partial charge is 0.349 e. The lowest BCUT2D eigenvalue weighted by Gasteiger charge is -2.35. The highest BCUT2D eigenvalue weighted by atomic mass is 16.2. The van der Waals surface area contributed by atoms with Crippen molar-refractivity contribution in [1.82, 2.24) is 5.32 Å². The number of carbonyl (C=O) groups excluding carboxylic acids is 2. The van der Waals surface area contributed by atoms with E-state index >= 15 is 0 Å². The second-order valence-electron chi connectivity index (χ2n) is 7.10. The first-order chi connectivity index (χ1) is 11.2. The fourth-order valence-corrected chi connectivity index (χ4v) is 4.30. The third-order valence-corrected chi connectivity index (χ3v) is 5.48. The van der Waals surface area contributed by atoms with Crippen molar-refractivity contribution in [2.75, 3.05) is 11.4 Å². The molecule has 0 radical (unpaired) electrons. The first-order valence-corrected chi connectivity index (χ1v) is 8.99. The van der Waals surface area contributed by atoms with Gasteiger partial charge in [0.1, 0.15) is 0 Å². The molecule has 122 valence electrons. The molecule has 1 N–H and O–H groups in total. The lowest BCUT2D eigenvalue weighted by molar-refractivity contribution is -0.119. The van der Waals surface area contributed by atoms with Crippen LogP contribution >= 0.6 is 0 Å². The van der Waals surface area contributed by atoms with Crippen LogP contribution in [0.4, 0.5) is 5.69 Å². The summed E-state index contributed by atoms with van der Waals surface area (Å²) >= 11 is 0. The van der Waals surface area contributed by atoms with E-state index in [1.165, 1.54) is 30.4 Å². The Morgan fingerprint density at radius 1 is 1.00 bits per heavy atom. The summed E-state index contributed by atoms with van der Waals surface area (Å²) in [6, 6.07) is 4.37. The summed E-state index contributed by atoms with van der Waals surface area (Å²) in [5.41, 5.74) is 4.23. The summed E-state index contributed by atoms with van der Waals surface area (Å²) in [6.45, 7) is 0.826. The van der Waals surface area contributed by atoms with Crippen LogP contribution < -0.4 is 10.2 Å². The number of benzene rings is 1. The highest BCUT2D eigenvalue weighted by Crippen LogP contribution is 2.36. The Bertz CT molecular complexity index is 630. The first-order valence-electron chi connectivity index (χ1n) is 8.99. The second kappa shape index (κ2) is 5.99. The minimum atomic E-state index is 0.0602. The Labute approximate surface area is 137 Å². The minimum Gasteiger partial charge on any atom is -0.349 e. The third-order valence-electron chi connectivity index (χ3n) is 5.48. The summed E-state index contributed by atoms with van der Waals surface area (Å²) in [5, 5.41) is 3.21. The van der Waals surface area contributed by atoms with Crippen LogP contribution in [0, 0.1) is 0 Å². The molecular weight excluding hydrogens is 288 g/mol. The molecule has 0 bridgehead atoms. The number of hydrogen-bond donors (Lipinski definition) is 1. The number of rotatable bonds is 2. The Morgan fingerprint density at radius 3 is 2.52 bits per heavy atom. The highest BCUT2D eigenvalue weighted by Gasteiger charge is 2.30. The van der Waals surface area contributed by atoms with E-state index in [1.807, 2.05) is 17.0 Å². The maximum absolute atomic E-state index is 12.6. The van der Waals surface area contributed by atoms with Gasteiger partial charge in [0.2, 0.25) is 5.91 Å². The predicted octanol–water partition coefficient (Wildman–Crippen LogP) is 2.97. The van der Waals surface area contributed by atoms with Crippen molar-refractivity contribution >= 4 is 17.5 Å². The Hall–Kier alpha value is -1.84. The van der Waals surface area contributed by atoms with Crippen molar-refractivity contribution in [3.05, 3.63) is 28.8 Å². The maximum Gasteiger partial charge on any atom is 0.251 e. The van der Waals surface area contributed by atoms with Gasteiger partial charge in [-0.15, -0.1) is 0 Å². The van der Waals surface area contributed by atoms with Crippen molar-refractivity contribution in [2.24, 2.45) is 0 Å². The zero-order chi connectivity index (χ0) is 15.8. The zero-order valence-corrected chi connectivity index (χ0v) is 13.6. The van der Waals surface area contributed by atoms with E-state index in [1.54, 1.807) is 0 Å². The molecular formula is C19H24N2O2. The number of nitrogens with zero attached hydrogens (tertiary/aromatic N) is 1. The lowest BCUT2D eigenvalue weighted by atomic mass is 9.89. The molecule has 4 nitrogen and oxygen atoms in total. The smallest absolute Gasteiger partial charge is 0.251 e. The van der Waals surface area contributed by atoms with Gasteiger partial charge in [-0.3, -0.25) is 9.59 Å². The van der Waals surface area contributed by atoms with Gasteiger partial charge in [-0.25, -0.2) is 0 Å². The molecule has 4 heteroatoms. The molecule has 1 aliphatic carbocycles. The molecule has 1 aromatic rings. The van der Waals surface area contributed by atoms with E-state index < -0.39 is 0 Å². The molecule has 2 aliphatic heterocycles. The van der Waals surface area contributed by atoms with Crippen LogP contribution in [0.1, 0.15) is 66.4 Å². The molecule has 4 rings (SSSR count). The van der Waals surface area contributed by atoms with Gasteiger partial charge in [0.05, 0.1) is 5.69 Å². The molecule has 2 heterocycles. The number of nitrogens with one attached hydrogen (secondary N) is 1. The Kier molecular flexibility index (Phi) is 3.83. The van der Waals surface area contributed by atoms with E-state index in [9.17, 15) is 9.59 Å². The normalized spacial score (nSPS) is 21.0. The van der Waals surface area contributed by atoms with Crippen LogP contribution in [-0.4, -0.2) is 24.4 Å². The van der Waals surface area contributed by atoms with Crippen LogP contribution in [0.15, 0.2) is 12.1 Å². The van der Waals surface area contributed by atoms with Crippen LogP contribution in [0.3, 0.4) is 0 Å². The minimum absolute atomic E-state index is 0.0602. The molecule has 1 aromatic carbocycles. The van der Waals surface area contributed by atoms with E-state index in [4.69, 9.17) is 0 Å². The van der Waals surface area contributed by atoms with Gasteiger partial charge >= 0.3 is 0 Å². The molecule has 0 spiro atoms. The van der Waals surface area contributed by atoms with Crippen LogP contribution in [0.2, 0.25) is 0 Å². The molecule has 0 aromatic heterocycles. The number of hydrogen-bond acceptors (Lipinski definition) is 2. The Balaban J connectivity index is 1.60. The molecule has 1 saturated carbocycles. The molecule has 0 atom stereocenters. The van der Waals surface area contributed by atoms with E-state index in [0.717, 1.165) is 49.9 Å². The maximum atomic E-state index is 12.6. The van der Waals surface area contributed by atoms with E-state index in [2.05, 4.69) is 5.32 Å². The van der Waals surface area contributed by atoms with Crippen LogP contribution in [-0.2, 0) is 17.6 Å². The van der Waals surface area contributed by atoms with Crippen molar-refractivity contribution < 1.29 is 9.59 Å². The van der Waals surface area contributed by atoms with E-state index in [-0.39, 0.29) is 11.8 Å². The Morgan fingerprint density at radius 2 is 1.74 bits per heavy atom. The van der Waals surface area contributed by atoms with Gasteiger partial charge in [-0.1, -0.05) is 19.3 Å². The quantitative estimate of drug-likeness (QED) is 0.912. The summed E-state index contributed by atoms with van der Waals surface area (Å²) in [4.78, 5) is 26.7. The van der Waals surface area contributed by atoms with Crippen molar-refractivity contribution in [2.45, 2.75) is 63.8 Å². The van der Waals surface area contributed by atoms with Gasteiger partial charge in [0.15, 0.2) is 0 Å². The average Bonchev–Trinajstić information content (AvgIpc) is 2.59. The number of anilines is 1. The van der Waals surface area contributed by atoms with Crippen molar-refractivity contribution in [3.8, 4) is 0 Å². The number of amides is 2. The summed E-state index contributed by atoms with van der Waals surface area (Å²) in [5.74, 6) is 0.294. The molecule has 0 saturated heterocycles. The van der Waals surface area contributed by atoms with Crippen LogP contribution in [0.5, 0.6) is 0 Å². The topological polar surface area (TPSA) is 49.4 Å². The SMILES string of the molecule is O=C(NC1CCCCC1)c1cc2c3c(c1)CCC(=O)N3CCC2. The standard InChI is InChI=1S/C19H24N2O2/c22-17-9-8-14-12-15(11-13-5-4-10-21(17)18(13)14)19(23)20-16-6-2-1-3-7-16/h11-12,16H,1-10H2,(H,20,23). The molecule has 0 unspecified atom stereocenters. The third kappa shape index (κ3) is 2.75. The van der Waals surface area contributed by atoms with Gasteiger partial charge in [-0.05, 0) is 55.4 Å². The lowest BCUT2D eigenvalue weighted by Crippen LogP contribution is -2.40. The fraction of sp³-hybridized carbons (Fsp3) is 0.579. The fourth-order valence-electron chi connectivity index (χ4n) is 4.30. The van der Waals surface area contributed by atoms with Gasteiger partial charge in [0, 0.05) is 24.6 Å². The summed E-state index contributed by atoms with van der Waals surface area (Å²) < 4.78 is 0. The highest BCUT2D eigenvalue weighted by molar-refractivity contribution is 6.00. The van der Waals surface area contributed by atoms with Crippen molar-refractivity contribution in [1.29, 1.82) is 0 Å². The monoisotopic (exact) mass is 312 g/mol. The van der Waals surface area contributed by atoms with Gasteiger partial charge in [0.25, 0.3) is 5.91 Å². The molecule has 2 amide bonds. The summed E-state index contributed by atoms with van der Waals surface area (Å²) in [6.07, 6.45) is 9.23. The second-order valence-corrected chi connectivity index (χ2v) is 7.10. The van der Waals surface area contributed by atoms with E-state index in [0.29, 0.717) is 12.5 Å². The first kappa shape index (κ1) is 14.7. The average molecular weight is 312 g/mol. The van der Waals surface area contributed by atoms with Crippen LogP contribution in [0.25, 0.3) is 0 Å². The number of aryl methyl sites for hydroxylation is 2. The molecule has 1 fully saturated rings. The number of carbonyl (C=O) groups is 2. The predicted molar refractivity (Wildman–Crippen MR) is 89.8 cm³/mol. The van der Waals surface area contributed by atoms with Gasteiger partial charge in [-0.2, -0.15) is 0 Å². The molecule has 3 aliphatic rings. The molecule has 23 heavy (non-hydrogen) atoms. The summed E-state index contributed by atoms with van der Waals surface area (Å²) in [7, 11) is 0. The van der Waals surface area contributed by atoms with Gasteiger partial charge < -0.3 is 10.2 Å². The zero-order valence-electron chi connectivity index (χ0n) is 13.6.